The Balaban J connectivity index is 4.07. The highest BCUT2D eigenvalue weighted by molar-refractivity contribution is 5.77. The lowest BCUT2D eigenvalue weighted by molar-refractivity contribution is -0.138. The fourth-order valence-corrected chi connectivity index (χ4v) is 1.80. The molecule has 1 unspecified atom stereocenters. The summed E-state index contributed by atoms with van der Waals surface area (Å²) in [5.41, 5.74) is 5.14. The molecule has 0 aliphatic carbocycles. The van der Waals surface area contributed by atoms with Crippen LogP contribution in [0.15, 0.2) is 0 Å². The highest BCUT2D eigenvalue weighted by Crippen LogP contribution is 2.22. The molecule has 0 saturated carbocycles. The molecule has 1 amide bonds. The van der Waals surface area contributed by atoms with Crippen molar-refractivity contribution < 1.29 is 14.7 Å². The number of rotatable bonds is 9. The van der Waals surface area contributed by atoms with E-state index < -0.39 is 5.97 Å². The van der Waals surface area contributed by atoms with E-state index in [-0.39, 0.29) is 23.8 Å². The second kappa shape index (κ2) is 8.91. The van der Waals surface area contributed by atoms with Gasteiger partial charge in [0.2, 0.25) is 5.91 Å². The molecule has 4 N–H and O–H groups in total. The first-order valence-corrected chi connectivity index (χ1v) is 6.98. The van der Waals surface area contributed by atoms with E-state index in [0.29, 0.717) is 13.0 Å². The molecular formula is C14H28N2O3. The molecule has 0 saturated heterocycles. The average molecular weight is 272 g/mol. The van der Waals surface area contributed by atoms with E-state index in [1.165, 1.54) is 0 Å². The van der Waals surface area contributed by atoms with Crippen LogP contribution in [-0.2, 0) is 9.59 Å². The largest absolute Gasteiger partial charge is 0.481 e. The summed E-state index contributed by atoms with van der Waals surface area (Å²) in [5, 5.41) is 11.7. The van der Waals surface area contributed by atoms with E-state index in [1.54, 1.807) is 0 Å². The fourth-order valence-electron chi connectivity index (χ4n) is 1.80. The van der Waals surface area contributed by atoms with Crippen LogP contribution in [-0.4, -0.2) is 29.6 Å². The van der Waals surface area contributed by atoms with E-state index in [4.69, 9.17) is 10.8 Å². The standard InChI is InChI=1S/C14H28N2O3/c1-14(2,3)11(10-13(18)19)16-12(17)8-6-4-5-7-9-15/h11H,4-10,15H2,1-3H3,(H,16,17)(H,18,19). The summed E-state index contributed by atoms with van der Waals surface area (Å²) in [6, 6.07) is -0.332. The Morgan fingerprint density at radius 1 is 1.16 bits per heavy atom. The number of carbonyl (C=O) groups excluding carboxylic acids is 1. The van der Waals surface area contributed by atoms with Gasteiger partial charge in [-0.05, 0) is 24.8 Å². The van der Waals surface area contributed by atoms with Crippen molar-refractivity contribution in [2.45, 2.75) is 65.3 Å². The Kier molecular flexibility index (Phi) is 8.39. The van der Waals surface area contributed by atoms with E-state index in [2.05, 4.69) is 5.32 Å². The number of carboxylic acids is 1. The summed E-state index contributed by atoms with van der Waals surface area (Å²) in [4.78, 5) is 22.6. The molecule has 5 heteroatoms. The van der Waals surface area contributed by atoms with Crippen LogP contribution in [0.4, 0.5) is 0 Å². The molecule has 0 aromatic carbocycles. The van der Waals surface area contributed by atoms with Gasteiger partial charge in [-0.3, -0.25) is 9.59 Å². The van der Waals surface area contributed by atoms with E-state index in [1.807, 2.05) is 20.8 Å². The Labute approximate surface area is 115 Å². The first kappa shape index (κ1) is 17.9. The normalized spacial score (nSPS) is 13.1. The van der Waals surface area contributed by atoms with Crippen molar-refractivity contribution in [2.24, 2.45) is 11.1 Å². The number of nitrogens with two attached hydrogens (primary N) is 1. The van der Waals surface area contributed by atoms with Crippen LogP contribution in [0.3, 0.4) is 0 Å². The van der Waals surface area contributed by atoms with Crippen LogP contribution in [0.5, 0.6) is 0 Å². The van der Waals surface area contributed by atoms with Gasteiger partial charge in [0, 0.05) is 12.5 Å². The first-order chi connectivity index (χ1) is 8.77. The Morgan fingerprint density at radius 2 is 1.74 bits per heavy atom. The SMILES string of the molecule is CC(C)(C)C(CC(=O)O)NC(=O)CCCCCCN. The highest BCUT2D eigenvalue weighted by atomic mass is 16.4. The third-order valence-corrected chi connectivity index (χ3v) is 3.12. The summed E-state index contributed by atoms with van der Waals surface area (Å²) >= 11 is 0. The number of carbonyl (C=O) groups is 2. The van der Waals surface area contributed by atoms with Crippen molar-refractivity contribution in [3.8, 4) is 0 Å². The number of carboxylic acid groups (broad SMARTS) is 1. The molecule has 0 radical (unpaired) electrons. The van der Waals surface area contributed by atoms with Crippen LogP contribution in [0.2, 0.25) is 0 Å². The molecular weight excluding hydrogens is 244 g/mol. The molecule has 19 heavy (non-hydrogen) atoms. The summed E-state index contributed by atoms with van der Waals surface area (Å²) < 4.78 is 0. The molecule has 1 atom stereocenters. The van der Waals surface area contributed by atoms with Gasteiger partial charge in [-0.1, -0.05) is 33.6 Å². The summed E-state index contributed by atoms with van der Waals surface area (Å²) in [5.74, 6) is -0.947. The molecule has 0 aliphatic heterocycles. The van der Waals surface area contributed by atoms with Gasteiger partial charge in [-0.15, -0.1) is 0 Å². The average Bonchev–Trinajstić information content (AvgIpc) is 2.26. The predicted octanol–water partition coefficient (Wildman–Crippen LogP) is 1.90. The van der Waals surface area contributed by atoms with Crippen molar-refractivity contribution >= 4 is 11.9 Å². The van der Waals surface area contributed by atoms with E-state index >= 15 is 0 Å². The summed E-state index contributed by atoms with van der Waals surface area (Å²) in [6.07, 6.45) is 4.27. The van der Waals surface area contributed by atoms with E-state index in [0.717, 1.165) is 25.7 Å². The first-order valence-electron chi connectivity index (χ1n) is 6.98. The van der Waals surface area contributed by atoms with Gasteiger partial charge in [-0.2, -0.15) is 0 Å². The van der Waals surface area contributed by atoms with Gasteiger partial charge in [0.05, 0.1) is 6.42 Å². The molecule has 0 aromatic rings. The second-order valence-corrected chi connectivity index (χ2v) is 6.04. The number of unbranched alkanes of at least 4 members (excludes halogenated alkanes) is 3. The van der Waals surface area contributed by atoms with Crippen molar-refractivity contribution in [3.05, 3.63) is 0 Å². The minimum Gasteiger partial charge on any atom is -0.481 e. The van der Waals surface area contributed by atoms with Crippen molar-refractivity contribution in [1.82, 2.24) is 5.32 Å². The number of aliphatic carboxylic acids is 1. The number of hydrogen-bond acceptors (Lipinski definition) is 3. The molecule has 5 nitrogen and oxygen atoms in total. The van der Waals surface area contributed by atoms with E-state index in [9.17, 15) is 9.59 Å². The molecule has 0 bridgehead atoms. The quantitative estimate of drug-likeness (QED) is 0.559. The Hall–Kier alpha value is -1.10. The number of hydrogen-bond donors (Lipinski definition) is 3. The zero-order valence-corrected chi connectivity index (χ0v) is 12.4. The molecule has 0 rings (SSSR count). The van der Waals surface area contributed by atoms with Gasteiger partial charge >= 0.3 is 5.97 Å². The molecule has 0 heterocycles. The maximum atomic E-state index is 11.8. The fraction of sp³-hybridized carbons (Fsp3) is 0.857. The van der Waals surface area contributed by atoms with Gasteiger partial charge in [0.1, 0.15) is 0 Å². The molecule has 0 fully saturated rings. The lowest BCUT2D eigenvalue weighted by Gasteiger charge is -2.30. The van der Waals surface area contributed by atoms with Crippen molar-refractivity contribution in [1.29, 1.82) is 0 Å². The molecule has 0 aliphatic rings. The van der Waals surface area contributed by atoms with Crippen LogP contribution in [0.25, 0.3) is 0 Å². The monoisotopic (exact) mass is 272 g/mol. The zero-order chi connectivity index (χ0) is 14.9. The maximum absolute atomic E-state index is 11.8. The number of amides is 1. The third kappa shape index (κ3) is 9.47. The van der Waals surface area contributed by atoms with Crippen LogP contribution in [0, 0.1) is 5.41 Å². The predicted molar refractivity (Wildman–Crippen MR) is 75.8 cm³/mol. The summed E-state index contributed by atoms with van der Waals surface area (Å²) in [7, 11) is 0. The van der Waals surface area contributed by atoms with Crippen molar-refractivity contribution in [3.63, 3.8) is 0 Å². The second-order valence-electron chi connectivity index (χ2n) is 6.04. The minimum atomic E-state index is -0.886. The smallest absolute Gasteiger partial charge is 0.305 e. The van der Waals surface area contributed by atoms with Crippen LogP contribution < -0.4 is 11.1 Å². The summed E-state index contributed by atoms with van der Waals surface area (Å²) in [6.45, 7) is 6.49. The lowest BCUT2D eigenvalue weighted by Crippen LogP contribution is -2.45. The third-order valence-electron chi connectivity index (χ3n) is 3.12. The maximum Gasteiger partial charge on any atom is 0.305 e. The molecule has 0 aromatic heterocycles. The van der Waals surface area contributed by atoms with Gasteiger partial charge in [0.15, 0.2) is 0 Å². The molecule has 112 valence electrons. The van der Waals surface area contributed by atoms with Crippen LogP contribution >= 0.6 is 0 Å². The highest BCUT2D eigenvalue weighted by Gasteiger charge is 2.28. The van der Waals surface area contributed by atoms with Gasteiger partial charge < -0.3 is 16.2 Å². The van der Waals surface area contributed by atoms with Crippen molar-refractivity contribution in [2.75, 3.05) is 6.54 Å². The zero-order valence-electron chi connectivity index (χ0n) is 12.4. The van der Waals surface area contributed by atoms with Gasteiger partial charge in [0.25, 0.3) is 0 Å². The molecule has 0 spiro atoms. The number of nitrogens with one attached hydrogen (secondary N) is 1. The van der Waals surface area contributed by atoms with Crippen LogP contribution in [0.1, 0.15) is 59.3 Å². The minimum absolute atomic E-state index is 0.0393. The topological polar surface area (TPSA) is 92.4 Å². The Bertz CT molecular complexity index is 285. The Morgan fingerprint density at radius 3 is 2.21 bits per heavy atom. The van der Waals surface area contributed by atoms with Gasteiger partial charge in [-0.25, -0.2) is 0 Å². The lowest BCUT2D eigenvalue weighted by atomic mass is 9.84.